The maximum Gasteiger partial charge on any atom is 0.326 e. The number of carbonyl (C=O) groups excluding carboxylic acids is 3. The molecule has 7 heteroatoms. The van der Waals surface area contributed by atoms with Gasteiger partial charge in [-0.1, -0.05) is 25.0 Å². The summed E-state index contributed by atoms with van der Waals surface area (Å²) in [6, 6.07) is 5.79. The van der Waals surface area contributed by atoms with Gasteiger partial charge in [0.2, 0.25) is 11.8 Å². The molecule has 7 nitrogen and oxygen atoms in total. The minimum atomic E-state index is -1.02. The number of carboxylic acids is 1. The number of hydrogen-bond donors (Lipinski definition) is 3. The highest BCUT2D eigenvalue weighted by atomic mass is 16.4. The fraction of sp³-hybridized carbons (Fsp3) is 0.444. The number of carbonyl (C=O) groups is 4. The number of benzene rings is 1. The molecule has 1 aromatic carbocycles. The number of rotatable bonds is 7. The normalized spacial score (nSPS) is 20.9. The summed E-state index contributed by atoms with van der Waals surface area (Å²) in [5, 5.41) is 14.0. The van der Waals surface area contributed by atoms with Crippen molar-refractivity contribution in [2.75, 3.05) is 0 Å². The average molecular weight is 344 g/mol. The number of aliphatic carboxylic acids is 1. The van der Waals surface area contributed by atoms with Gasteiger partial charge in [-0.05, 0) is 36.5 Å². The van der Waals surface area contributed by atoms with Gasteiger partial charge in [0.15, 0.2) is 0 Å². The Balaban J connectivity index is 1.59. The van der Waals surface area contributed by atoms with E-state index in [1.54, 1.807) is 24.3 Å². The van der Waals surface area contributed by atoms with Crippen LogP contribution in [-0.2, 0) is 20.8 Å². The molecule has 3 N–H and O–H groups in total. The van der Waals surface area contributed by atoms with Crippen molar-refractivity contribution in [2.24, 2.45) is 11.8 Å². The lowest BCUT2D eigenvalue weighted by Crippen LogP contribution is -2.41. The fourth-order valence-corrected chi connectivity index (χ4v) is 3.00. The first kappa shape index (κ1) is 17.1. The van der Waals surface area contributed by atoms with Crippen molar-refractivity contribution in [3.8, 4) is 0 Å². The van der Waals surface area contributed by atoms with Gasteiger partial charge in [-0.3, -0.25) is 19.7 Å². The van der Waals surface area contributed by atoms with E-state index < -0.39 is 17.9 Å². The summed E-state index contributed by atoms with van der Waals surface area (Å²) in [6.07, 6.45) is 3.11. The van der Waals surface area contributed by atoms with Gasteiger partial charge in [0.1, 0.15) is 6.04 Å². The minimum Gasteiger partial charge on any atom is -0.480 e. The molecule has 1 aromatic rings. The maximum absolute atomic E-state index is 12.2. The lowest BCUT2D eigenvalue weighted by Gasteiger charge is -2.14. The first-order valence-corrected chi connectivity index (χ1v) is 8.38. The maximum atomic E-state index is 12.2. The zero-order valence-electron chi connectivity index (χ0n) is 13.7. The van der Waals surface area contributed by atoms with Gasteiger partial charge in [-0.2, -0.15) is 0 Å². The standard InChI is InChI=1S/C18H20N2O5/c21-15-9-13(17(23)20-15)7-10-3-5-12(6-4-10)16(22)19-14(18(24)25)8-11-1-2-11/h3-6,11,13-14H,1-2,7-9H2,(H,19,22)(H,24,25)(H,20,21,23). The SMILES string of the molecule is O=C1CC(Cc2ccc(C(=O)NC(CC3CC3)C(=O)O)cc2)C(=O)N1. The van der Waals surface area contributed by atoms with Crippen LogP contribution in [0.2, 0.25) is 0 Å². The molecule has 3 amide bonds. The van der Waals surface area contributed by atoms with E-state index in [4.69, 9.17) is 0 Å². The van der Waals surface area contributed by atoms with E-state index in [1.165, 1.54) is 0 Å². The summed E-state index contributed by atoms with van der Waals surface area (Å²) in [4.78, 5) is 46.3. The van der Waals surface area contributed by atoms with Crippen LogP contribution in [0.3, 0.4) is 0 Å². The number of imide groups is 1. The largest absolute Gasteiger partial charge is 0.480 e. The Labute approximate surface area is 144 Å². The third kappa shape index (κ3) is 4.43. The van der Waals surface area contributed by atoms with Crippen LogP contribution in [-0.4, -0.2) is 34.8 Å². The molecule has 1 aliphatic carbocycles. The molecule has 0 aromatic heterocycles. The first-order chi connectivity index (χ1) is 11.9. The van der Waals surface area contributed by atoms with Gasteiger partial charge in [0, 0.05) is 12.0 Å². The van der Waals surface area contributed by atoms with E-state index in [-0.39, 0.29) is 24.2 Å². The molecule has 0 bridgehead atoms. The van der Waals surface area contributed by atoms with Gasteiger partial charge in [-0.15, -0.1) is 0 Å². The Hall–Kier alpha value is -2.70. The summed E-state index contributed by atoms with van der Waals surface area (Å²) in [5.74, 6) is -1.95. The van der Waals surface area contributed by atoms with E-state index in [0.29, 0.717) is 24.3 Å². The topological polar surface area (TPSA) is 113 Å². The number of hydrogen-bond acceptors (Lipinski definition) is 4. The first-order valence-electron chi connectivity index (χ1n) is 8.38. The lowest BCUT2D eigenvalue weighted by atomic mass is 9.97. The molecule has 0 spiro atoms. The highest BCUT2D eigenvalue weighted by Gasteiger charge is 2.31. The van der Waals surface area contributed by atoms with Crippen LogP contribution in [0.15, 0.2) is 24.3 Å². The summed E-state index contributed by atoms with van der Waals surface area (Å²) in [7, 11) is 0. The zero-order valence-corrected chi connectivity index (χ0v) is 13.7. The monoisotopic (exact) mass is 344 g/mol. The highest BCUT2D eigenvalue weighted by molar-refractivity contribution is 6.03. The van der Waals surface area contributed by atoms with Crippen LogP contribution in [0, 0.1) is 11.8 Å². The third-order valence-electron chi connectivity index (χ3n) is 4.63. The fourth-order valence-electron chi connectivity index (χ4n) is 3.00. The smallest absolute Gasteiger partial charge is 0.326 e. The Kier molecular flexibility index (Phi) is 4.83. The zero-order chi connectivity index (χ0) is 18.0. The van der Waals surface area contributed by atoms with Crippen molar-refractivity contribution in [3.63, 3.8) is 0 Å². The molecule has 2 fully saturated rings. The van der Waals surface area contributed by atoms with Crippen LogP contribution < -0.4 is 10.6 Å². The molecule has 2 aliphatic rings. The van der Waals surface area contributed by atoms with Gasteiger partial charge < -0.3 is 10.4 Å². The molecule has 1 heterocycles. The summed E-state index contributed by atoms with van der Waals surface area (Å²) in [5.41, 5.74) is 1.22. The van der Waals surface area contributed by atoms with Gasteiger partial charge in [0.25, 0.3) is 5.91 Å². The Morgan fingerprint density at radius 1 is 1.20 bits per heavy atom. The van der Waals surface area contributed by atoms with Crippen molar-refractivity contribution in [1.82, 2.24) is 10.6 Å². The number of carboxylic acid groups (broad SMARTS) is 1. The van der Waals surface area contributed by atoms with Gasteiger partial charge in [-0.25, -0.2) is 4.79 Å². The molecular weight excluding hydrogens is 324 g/mol. The molecule has 0 radical (unpaired) electrons. The molecule has 25 heavy (non-hydrogen) atoms. The molecule has 3 rings (SSSR count). The van der Waals surface area contributed by atoms with Crippen LogP contribution in [0.5, 0.6) is 0 Å². The van der Waals surface area contributed by atoms with Crippen LogP contribution >= 0.6 is 0 Å². The summed E-state index contributed by atoms with van der Waals surface area (Å²) < 4.78 is 0. The Morgan fingerprint density at radius 3 is 2.40 bits per heavy atom. The van der Waals surface area contributed by atoms with E-state index >= 15 is 0 Å². The second-order valence-electron chi connectivity index (χ2n) is 6.76. The second kappa shape index (κ2) is 7.04. The summed E-state index contributed by atoms with van der Waals surface area (Å²) >= 11 is 0. The molecule has 1 saturated heterocycles. The third-order valence-corrected chi connectivity index (χ3v) is 4.63. The predicted molar refractivity (Wildman–Crippen MR) is 87.6 cm³/mol. The molecule has 1 saturated carbocycles. The van der Waals surface area contributed by atoms with Crippen molar-refractivity contribution in [2.45, 2.75) is 38.1 Å². The van der Waals surface area contributed by atoms with Crippen molar-refractivity contribution < 1.29 is 24.3 Å². The number of amides is 3. The van der Waals surface area contributed by atoms with E-state index in [2.05, 4.69) is 10.6 Å². The van der Waals surface area contributed by atoms with E-state index in [1.807, 2.05) is 0 Å². The summed E-state index contributed by atoms with van der Waals surface area (Å²) in [6.45, 7) is 0. The minimum absolute atomic E-state index is 0.183. The molecule has 1 aliphatic heterocycles. The van der Waals surface area contributed by atoms with Gasteiger partial charge >= 0.3 is 5.97 Å². The van der Waals surface area contributed by atoms with Crippen LogP contribution in [0.1, 0.15) is 41.6 Å². The van der Waals surface area contributed by atoms with Crippen LogP contribution in [0.4, 0.5) is 0 Å². The lowest BCUT2D eigenvalue weighted by molar-refractivity contribution is -0.139. The predicted octanol–water partition coefficient (Wildman–Crippen LogP) is 0.875. The van der Waals surface area contributed by atoms with Gasteiger partial charge in [0.05, 0.1) is 5.92 Å². The second-order valence-corrected chi connectivity index (χ2v) is 6.76. The molecule has 2 atom stereocenters. The highest BCUT2D eigenvalue weighted by Crippen LogP contribution is 2.33. The molecular formula is C18H20N2O5. The Morgan fingerprint density at radius 2 is 1.88 bits per heavy atom. The van der Waals surface area contributed by atoms with Crippen molar-refractivity contribution >= 4 is 23.7 Å². The molecule has 132 valence electrons. The van der Waals surface area contributed by atoms with Crippen molar-refractivity contribution in [3.05, 3.63) is 35.4 Å². The Bertz CT molecular complexity index is 709. The van der Waals surface area contributed by atoms with E-state index in [0.717, 1.165) is 18.4 Å². The molecule has 2 unspecified atom stereocenters. The van der Waals surface area contributed by atoms with E-state index in [9.17, 15) is 24.3 Å². The van der Waals surface area contributed by atoms with Crippen LogP contribution in [0.25, 0.3) is 0 Å². The van der Waals surface area contributed by atoms with Crippen molar-refractivity contribution in [1.29, 1.82) is 0 Å². The quantitative estimate of drug-likeness (QED) is 0.636. The number of nitrogens with one attached hydrogen (secondary N) is 2. The average Bonchev–Trinajstić information content (AvgIpc) is 3.32.